The number of nitriles is 1. The number of hydrogen-bond acceptors (Lipinski definition) is 5. The Balaban J connectivity index is 1.62. The molecule has 9 heteroatoms. The molecule has 6 nitrogen and oxygen atoms in total. The van der Waals surface area contributed by atoms with Crippen LogP contribution < -0.4 is 4.90 Å². The van der Waals surface area contributed by atoms with Crippen molar-refractivity contribution in [3.63, 3.8) is 0 Å². The third-order valence-corrected chi connectivity index (χ3v) is 5.35. The van der Waals surface area contributed by atoms with Gasteiger partial charge in [-0.15, -0.1) is 0 Å². The molecule has 0 amide bonds. The average Bonchev–Trinajstić information content (AvgIpc) is 2.89. The quantitative estimate of drug-likeness (QED) is 0.596. The van der Waals surface area contributed by atoms with Gasteiger partial charge in [0.2, 0.25) is 0 Å². The summed E-state index contributed by atoms with van der Waals surface area (Å²) in [5, 5.41) is 9.83. The molecule has 3 heterocycles. The zero-order valence-electron chi connectivity index (χ0n) is 13.9. The Kier molecular flexibility index (Phi) is 5.61. The molecule has 0 atom stereocenters. The van der Waals surface area contributed by atoms with E-state index < -0.39 is 5.97 Å². The Morgan fingerprint density at radius 3 is 2.58 bits per heavy atom. The standard InChI is InChI=1S/C17H15Cl3N4O2/c1-9-14(19)15(20)16(22-9)17(25)26-11-2-4-24(5-3-11)13-7-10(8-21)6-12(18)23-13/h6-7,11,22H,2-5H2,1H3. The number of carbonyl (C=O) groups is 1. The molecule has 1 fully saturated rings. The lowest BCUT2D eigenvalue weighted by Gasteiger charge is -2.32. The van der Waals surface area contributed by atoms with Crippen LogP contribution in [-0.2, 0) is 4.74 Å². The van der Waals surface area contributed by atoms with E-state index >= 15 is 0 Å². The van der Waals surface area contributed by atoms with Crippen LogP contribution in [0.25, 0.3) is 0 Å². The van der Waals surface area contributed by atoms with Crippen LogP contribution in [-0.4, -0.2) is 35.1 Å². The molecule has 1 saturated heterocycles. The number of hydrogen-bond donors (Lipinski definition) is 1. The van der Waals surface area contributed by atoms with E-state index in [4.69, 9.17) is 44.8 Å². The second-order valence-electron chi connectivity index (χ2n) is 5.99. The van der Waals surface area contributed by atoms with Gasteiger partial charge in [-0.05, 0) is 19.1 Å². The molecule has 136 valence electrons. The molecular weight excluding hydrogens is 399 g/mol. The van der Waals surface area contributed by atoms with Crippen molar-refractivity contribution in [1.29, 1.82) is 5.26 Å². The molecule has 1 N–H and O–H groups in total. The predicted octanol–water partition coefficient (Wildman–Crippen LogP) is 4.38. The van der Waals surface area contributed by atoms with Crippen molar-refractivity contribution in [2.45, 2.75) is 25.9 Å². The SMILES string of the molecule is Cc1[nH]c(C(=O)OC2CCN(c3cc(C#N)cc(Cl)n3)CC2)c(Cl)c1Cl. The van der Waals surface area contributed by atoms with Gasteiger partial charge in [0.15, 0.2) is 0 Å². The topological polar surface area (TPSA) is 82.0 Å². The number of nitrogens with one attached hydrogen (secondary N) is 1. The summed E-state index contributed by atoms with van der Waals surface area (Å²) in [7, 11) is 0. The highest BCUT2D eigenvalue weighted by Gasteiger charge is 2.26. The molecule has 26 heavy (non-hydrogen) atoms. The van der Waals surface area contributed by atoms with Crippen LogP contribution >= 0.6 is 34.8 Å². The zero-order valence-corrected chi connectivity index (χ0v) is 16.1. The Morgan fingerprint density at radius 2 is 2.00 bits per heavy atom. The minimum absolute atomic E-state index is 0.173. The summed E-state index contributed by atoms with van der Waals surface area (Å²) in [6.07, 6.45) is 1.03. The van der Waals surface area contributed by atoms with E-state index in [1.165, 1.54) is 6.07 Å². The molecular formula is C17H15Cl3N4O2. The molecule has 0 aliphatic carbocycles. The number of esters is 1. The Hall–Kier alpha value is -1.94. The first kappa shape index (κ1) is 18.8. The maximum Gasteiger partial charge on any atom is 0.356 e. The van der Waals surface area contributed by atoms with Crippen LogP contribution in [0, 0.1) is 18.3 Å². The van der Waals surface area contributed by atoms with Crippen LogP contribution in [0.4, 0.5) is 5.82 Å². The first-order valence-corrected chi connectivity index (χ1v) is 9.09. The number of aromatic amines is 1. The summed E-state index contributed by atoms with van der Waals surface area (Å²) >= 11 is 18.0. The summed E-state index contributed by atoms with van der Waals surface area (Å²) in [6, 6.07) is 5.28. The Labute approximate surface area is 165 Å². The van der Waals surface area contributed by atoms with Crippen molar-refractivity contribution in [2.75, 3.05) is 18.0 Å². The fraction of sp³-hybridized carbons (Fsp3) is 0.353. The molecule has 0 saturated carbocycles. The van der Waals surface area contributed by atoms with Gasteiger partial charge in [-0.25, -0.2) is 9.78 Å². The minimum Gasteiger partial charge on any atom is -0.458 e. The fourth-order valence-electron chi connectivity index (χ4n) is 2.83. The van der Waals surface area contributed by atoms with Crippen molar-refractivity contribution in [3.05, 3.63) is 44.3 Å². The first-order valence-electron chi connectivity index (χ1n) is 7.96. The fourth-order valence-corrected chi connectivity index (χ4v) is 3.45. The lowest BCUT2D eigenvalue weighted by atomic mass is 10.1. The third-order valence-electron chi connectivity index (χ3n) is 4.21. The number of rotatable bonds is 3. The Morgan fingerprint density at radius 1 is 1.31 bits per heavy atom. The van der Waals surface area contributed by atoms with E-state index in [9.17, 15) is 4.79 Å². The number of halogens is 3. The third kappa shape index (κ3) is 3.90. The van der Waals surface area contributed by atoms with Crippen molar-refractivity contribution in [2.24, 2.45) is 0 Å². The molecule has 2 aromatic heterocycles. The molecule has 2 aromatic rings. The minimum atomic E-state index is -0.518. The van der Waals surface area contributed by atoms with E-state index in [0.29, 0.717) is 48.0 Å². The highest BCUT2D eigenvalue weighted by molar-refractivity contribution is 6.44. The summed E-state index contributed by atoms with van der Waals surface area (Å²) in [5.74, 6) is 0.129. The summed E-state index contributed by atoms with van der Waals surface area (Å²) in [4.78, 5) is 21.4. The van der Waals surface area contributed by atoms with Gasteiger partial charge in [0.1, 0.15) is 22.8 Å². The number of H-pyrrole nitrogens is 1. The van der Waals surface area contributed by atoms with Gasteiger partial charge in [-0.1, -0.05) is 34.8 Å². The normalized spacial score (nSPS) is 15.0. The van der Waals surface area contributed by atoms with Gasteiger partial charge < -0.3 is 14.6 Å². The molecule has 0 bridgehead atoms. The van der Waals surface area contributed by atoms with Gasteiger partial charge >= 0.3 is 5.97 Å². The van der Waals surface area contributed by atoms with E-state index in [2.05, 4.69) is 16.0 Å². The van der Waals surface area contributed by atoms with Crippen molar-refractivity contribution < 1.29 is 9.53 Å². The van der Waals surface area contributed by atoms with Gasteiger partial charge in [0, 0.05) is 31.6 Å². The van der Waals surface area contributed by atoms with Crippen LogP contribution in [0.15, 0.2) is 12.1 Å². The summed E-state index contributed by atoms with van der Waals surface area (Å²) in [6.45, 7) is 3.00. The lowest BCUT2D eigenvalue weighted by molar-refractivity contribution is 0.0239. The van der Waals surface area contributed by atoms with Gasteiger partial charge in [0.05, 0.1) is 21.7 Å². The van der Waals surface area contributed by atoms with E-state index in [1.807, 2.05) is 4.90 Å². The summed E-state index contributed by atoms with van der Waals surface area (Å²) in [5.41, 5.74) is 1.26. The maximum absolute atomic E-state index is 12.3. The van der Waals surface area contributed by atoms with Crippen LogP contribution in [0.2, 0.25) is 15.2 Å². The number of aryl methyl sites for hydroxylation is 1. The first-order chi connectivity index (χ1) is 12.4. The number of pyridine rings is 1. The second-order valence-corrected chi connectivity index (χ2v) is 7.14. The second kappa shape index (κ2) is 7.75. The molecule has 0 radical (unpaired) electrons. The van der Waals surface area contributed by atoms with E-state index in [-0.39, 0.29) is 22.0 Å². The van der Waals surface area contributed by atoms with Crippen LogP contribution in [0.5, 0.6) is 0 Å². The van der Waals surface area contributed by atoms with Crippen LogP contribution in [0.1, 0.15) is 34.6 Å². The van der Waals surface area contributed by atoms with Gasteiger partial charge in [-0.3, -0.25) is 0 Å². The zero-order chi connectivity index (χ0) is 18.8. The summed E-state index contributed by atoms with van der Waals surface area (Å²) < 4.78 is 5.54. The monoisotopic (exact) mass is 412 g/mol. The smallest absolute Gasteiger partial charge is 0.356 e. The number of ether oxygens (including phenoxy) is 1. The number of anilines is 1. The van der Waals surface area contributed by atoms with Gasteiger partial charge in [-0.2, -0.15) is 5.26 Å². The van der Waals surface area contributed by atoms with E-state index in [0.717, 1.165) is 0 Å². The van der Waals surface area contributed by atoms with Gasteiger partial charge in [0.25, 0.3) is 0 Å². The number of carbonyl (C=O) groups excluding carboxylic acids is 1. The van der Waals surface area contributed by atoms with Crippen molar-refractivity contribution in [1.82, 2.24) is 9.97 Å². The molecule has 0 spiro atoms. The van der Waals surface area contributed by atoms with E-state index in [1.54, 1.807) is 13.0 Å². The lowest BCUT2D eigenvalue weighted by Crippen LogP contribution is -2.38. The van der Waals surface area contributed by atoms with Crippen LogP contribution in [0.3, 0.4) is 0 Å². The predicted molar refractivity (Wildman–Crippen MR) is 100 cm³/mol. The molecule has 1 aliphatic heterocycles. The molecule has 0 aromatic carbocycles. The number of nitrogens with zero attached hydrogens (tertiary/aromatic N) is 3. The maximum atomic E-state index is 12.3. The van der Waals surface area contributed by atoms with Crippen molar-refractivity contribution in [3.8, 4) is 6.07 Å². The highest BCUT2D eigenvalue weighted by Crippen LogP contribution is 2.30. The molecule has 1 aliphatic rings. The number of piperidine rings is 1. The largest absolute Gasteiger partial charge is 0.458 e. The average molecular weight is 414 g/mol. The molecule has 0 unspecified atom stereocenters. The molecule has 3 rings (SSSR count). The number of aromatic nitrogens is 2. The highest BCUT2D eigenvalue weighted by atomic mass is 35.5. The Bertz CT molecular complexity index is 883. The van der Waals surface area contributed by atoms with Crippen molar-refractivity contribution >= 4 is 46.6 Å².